The van der Waals surface area contributed by atoms with Crippen LogP contribution in [0.25, 0.3) is 0 Å². The lowest BCUT2D eigenvalue weighted by atomic mass is 10.2. The third kappa shape index (κ3) is 44.6. The first-order valence-corrected chi connectivity index (χ1v) is 35.9. The molecule has 7 aliphatic heterocycles. The molecule has 123 heavy (non-hydrogen) atoms. The van der Waals surface area contributed by atoms with Crippen LogP contribution in [0.4, 0.5) is 0 Å². The van der Waals surface area contributed by atoms with Crippen molar-refractivity contribution in [1.29, 1.82) is 0 Å². The number of amides is 7. The van der Waals surface area contributed by atoms with Crippen molar-refractivity contribution in [2.45, 2.75) is 141 Å². The maximum atomic E-state index is 11.5. The van der Waals surface area contributed by atoms with Crippen LogP contribution >= 0.6 is 0 Å². The zero-order chi connectivity index (χ0) is 92.8. The van der Waals surface area contributed by atoms with Crippen LogP contribution in [0.3, 0.4) is 0 Å². The number of methoxy groups -OCH3 is 3. The molecule has 1 aromatic carbocycles. The summed E-state index contributed by atoms with van der Waals surface area (Å²) >= 11 is 0. The molecule has 7 saturated heterocycles. The molecule has 7 fully saturated rings. The van der Waals surface area contributed by atoms with Crippen LogP contribution in [0, 0.1) is 0 Å². The molecule has 1 aromatic rings. The summed E-state index contributed by atoms with van der Waals surface area (Å²) < 4.78 is 65.9. The zero-order valence-electron chi connectivity index (χ0n) is 68.0. The number of rotatable bonds is 24. The quantitative estimate of drug-likeness (QED) is 0.0333. The third-order valence-electron chi connectivity index (χ3n) is 14.1. The standard InChI is InChI=1S/C15H13NO5.C13H17NO5.C12H15NO5.C11H13NO5.3C10H11NO5/c1-10-9-12(15(19)16-10)21-14(18)8-7-13(17)20-11-5-3-2-4-6-11;1-8-7-9(12(17)14-8)18-10(15)5-6-11(16)19-13(2,3)4;1-7(2)17-10(14)4-5-11(15)18-9-6-8(3)13-12(9)16;1-3-16-9(13)4-5-10(14)17-8-6-7(2)12-11(8)15;3*1-6-5-7(10(14)11-6)16-9(13)4-3-8(12)15-2/h2-8,12H,1,9H2,(H,16,19);5-6,9H,1,7H2,2-4H3,(H,14,17);4-5,7,9H,3,6H2,1-2H3,(H,13,16);4-5,8H,2-3,6H2,1H3,(H,12,15);3*3-4,7H,1,5H2,2H3,(H,11,14)/b8-7+;6-5+;2*5-4+;3*4-3+/t;;;;2*7-;/m....10./s1. The van der Waals surface area contributed by atoms with Gasteiger partial charge in [-0.15, -0.1) is 0 Å². The lowest BCUT2D eigenvalue weighted by Gasteiger charge is -2.17. The van der Waals surface area contributed by atoms with E-state index in [1.807, 2.05) is 0 Å². The first-order chi connectivity index (χ1) is 57.7. The van der Waals surface area contributed by atoms with Crippen molar-refractivity contribution in [3.63, 3.8) is 0 Å². The minimum Gasteiger partial charge on any atom is -0.466 e. The van der Waals surface area contributed by atoms with Crippen molar-refractivity contribution < 1.29 is 167 Å². The molecule has 0 aliphatic carbocycles. The second-order valence-corrected chi connectivity index (χ2v) is 26.0. The number of esters is 14. The Morgan fingerprint density at radius 2 is 0.528 bits per heavy atom. The molecule has 7 atom stereocenters. The maximum Gasteiger partial charge on any atom is 0.336 e. The highest BCUT2D eigenvalue weighted by atomic mass is 16.6. The van der Waals surface area contributed by atoms with E-state index in [0.29, 0.717) is 45.6 Å². The van der Waals surface area contributed by atoms with Gasteiger partial charge in [0.05, 0.1) is 34.0 Å². The molecule has 0 spiro atoms. The summed E-state index contributed by atoms with van der Waals surface area (Å²) in [5.74, 6) is -12.6. The molecule has 0 bridgehead atoms. The van der Waals surface area contributed by atoms with Crippen molar-refractivity contribution in [2.24, 2.45) is 0 Å². The van der Waals surface area contributed by atoms with Gasteiger partial charge in [0.25, 0.3) is 41.4 Å². The Balaban J connectivity index is 0.000000487. The SMILES string of the molecule is C=C1CC(OC(=O)/C=C/C(=O)OC(C)(C)C)C(=O)N1.C=C1CC(OC(=O)/C=C/C(=O)OC(C)C)C(=O)N1.C=C1CC(OC(=O)/C=C/C(=O)OC)C(=O)N1.C=C1CC(OC(=O)/C=C/C(=O)OCC)C(=O)N1.C=C1CC(OC(=O)/C=C/C(=O)Oc2ccccc2)C(=O)N1.C=C1C[C@@H](OC(=O)/C=C/C(=O)OC)C(=O)N1.C=C1C[C@H](OC(=O)/C=C/C(=O)OC)C(=O)N1. The molecule has 0 aromatic heterocycles. The van der Waals surface area contributed by atoms with Crippen molar-refractivity contribution >= 4 is 125 Å². The van der Waals surface area contributed by atoms with Crippen LogP contribution in [-0.4, -0.2) is 207 Å². The third-order valence-corrected chi connectivity index (χ3v) is 14.1. The number of carbonyl (C=O) groups excluding carboxylic acids is 21. The predicted octanol–water partition coefficient (Wildman–Crippen LogP) is 1.40. The fourth-order valence-electron chi connectivity index (χ4n) is 8.87. The van der Waals surface area contributed by atoms with E-state index in [1.54, 1.807) is 71.9 Å². The lowest BCUT2D eigenvalue weighted by molar-refractivity contribution is -0.151. The molecule has 42 nitrogen and oxygen atoms in total. The number of hydrogen-bond acceptors (Lipinski definition) is 35. The Kier molecular flexibility index (Phi) is 44.6. The molecule has 7 aliphatic rings. The van der Waals surface area contributed by atoms with Gasteiger partial charge in [-0.25, -0.2) is 67.1 Å². The summed E-state index contributed by atoms with van der Waals surface area (Å²) in [7, 11) is 3.56. The molecule has 0 saturated carbocycles. The highest BCUT2D eigenvalue weighted by Gasteiger charge is 2.36. The normalized spacial score (nSPS) is 19.2. The highest BCUT2D eigenvalue weighted by Crippen LogP contribution is 2.20. The molecule has 0 radical (unpaired) electrons. The lowest BCUT2D eigenvalue weighted by Crippen LogP contribution is -2.27. The number of ether oxygens (including phenoxy) is 14. The minimum absolute atomic E-state index is 0.225. The molecule has 660 valence electrons. The van der Waals surface area contributed by atoms with Gasteiger partial charge in [0.1, 0.15) is 11.4 Å². The van der Waals surface area contributed by atoms with Gasteiger partial charge in [0.2, 0.25) is 0 Å². The fourth-order valence-corrected chi connectivity index (χ4v) is 8.87. The summed E-state index contributed by atoms with van der Waals surface area (Å²) in [6.45, 7) is 35.2. The Bertz CT molecular complexity index is 4360. The summed E-state index contributed by atoms with van der Waals surface area (Å²) in [5.41, 5.74) is 2.86. The van der Waals surface area contributed by atoms with Crippen LogP contribution < -0.4 is 42.0 Å². The number of nitrogens with one attached hydrogen (secondary N) is 7. The Hall–Kier alpha value is -15.6. The molecule has 7 amide bonds. The summed E-state index contributed by atoms with van der Waals surface area (Å²) in [6.07, 6.45) is 8.28. The second-order valence-electron chi connectivity index (χ2n) is 26.0. The minimum atomic E-state index is -0.903. The summed E-state index contributed by atoms with van der Waals surface area (Å²) in [6, 6.07) is 8.43. The largest absolute Gasteiger partial charge is 0.466 e. The van der Waals surface area contributed by atoms with Gasteiger partial charge in [-0.2, -0.15) is 0 Å². The van der Waals surface area contributed by atoms with Crippen LogP contribution in [-0.2, 0) is 162 Å². The zero-order valence-corrected chi connectivity index (χ0v) is 68.0. The van der Waals surface area contributed by atoms with Gasteiger partial charge in [0, 0.05) is 170 Å². The van der Waals surface area contributed by atoms with Crippen molar-refractivity contribution in [1.82, 2.24) is 37.2 Å². The van der Waals surface area contributed by atoms with E-state index in [2.05, 4.69) is 102 Å². The van der Waals surface area contributed by atoms with E-state index in [1.165, 1.54) is 21.3 Å². The molecular formula is C81H91N7O35. The van der Waals surface area contributed by atoms with Gasteiger partial charge in [-0.3, -0.25) is 33.6 Å². The van der Waals surface area contributed by atoms with Crippen molar-refractivity contribution in [3.8, 4) is 5.75 Å². The average Bonchev–Trinajstić information content (AvgIpc) is 1.87. The smallest absolute Gasteiger partial charge is 0.336 e. The number of para-hydroxylation sites is 1. The Morgan fingerprint density at radius 3 is 0.724 bits per heavy atom. The number of carbonyl (C=O) groups is 21. The van der Waals surface area contributed by atoms with E-state index in [4.69, 9.17) is 47.4 Å². The Morgan fingerprint density at radius 1 is 0.325 bits per heavy atom. The van der Waals surface area contributed by atoms with Crippen LogP contribution in [0.1, 0.15) is 86.5 Å². The average molecular weight is 1720 g/mol. The van der Waals surface area contributed by atoms with Crippen LogP contribution in [0.2, 0.25) is 0 Å². The van der Waals surface area contributed by atoms with Crippen molar-refractivity contribution in [3.05, 3.63) is 201 Å². The predicted molar refractivity (Wildman–Crippen MR) is 418 cm³/mol. The first-order valence-electron chi connectivity index (χ1n) is 35.9. The molecule has 7 N–H and O–H groups in total. The molecule has 5 unspecified atom stereocenters. The van der Waals surface area contributed by atoms with Crippen LogP contribution in [0.15, 0.2) is 201 Å². The van der Waals surface area contributed by atoms with Gasteiger partial charge >= 0.3 is 83.6 Å². The van der Waals surface area contributed by atoms with Gasteiger partial charge < -0.3 is 104 Å². The van der Waals surface area contributed by atoms with Gasteiger partial charge in [-0.1, -0.05) is 64.3 Å². The van der Waals surface area contributed by atoms with E-state index < -0.39 is 173 Å². The number of hydrogen-bond donors (Lipinski definition) is 7. The van der Waals surface area contributed by atoms with E-state index in [-0.39, 0.29) is 57.7 Å². The highest BCUT2D eigenvalue weighted by molar-refractivity contribution is 6.00. The molecule has 42 heteroatoms. The fraction of sp³-hybridized carbons (Fsp3) is 0.321. The molecule has 7 heterocycles. The monoisotopic (exact) mass is 1720 g/mol. The van der Waals surface area contributed by atoms with Gasteiger partial charge in [0.15, 0.2) is 42.7 Å². The van der Waals surface area contributed by atoms with E-state index >= 15 is 0 Å². The van der Waals surface area contributed by atoms with E-state index in [9.17, 15) is 101 Å². The number of benzene rings is 1. The molecule has 8 rings (SSSR count). The summed E-state index contributed by atoms with van der Waals surface area (Å²) in [4.78, 5) is 234. The van der Waals surface area contributed by atoms with Gasteiger partial charge in [-0.05, 0) is 53.7 Å². The molecular weight excluding hydrogens is 1630 g/mol. The second kappa shape index (κ2) is 53.0. The summed E-state index contributed by atoms with van der Waals surface area (Å²) in [5, 5.41) is 17.0. The first kappa shape index (κ1) is 104. The topological polar surface area (TPSA) is 572 Å². The Labute approximate surface area is 702 Å². The van der Waals surface area contributed by atoms with Crippen molar-refractivity contribution in [2.75, 3.05) is 27.9 Å². The van der Waals surface area contributed by atoms with Crippen LogP contribution in [0.5, 0.6) is 5.75 Å². The van der Waals surface area contributed by atoms with E-state index in [0.717, 1.165) is 85.1 Å². The maximum absolute atomic E-state index is 11.5.